The average Bonchev–Trinajstić information content (AvgIpc) is 2.79. The number of benzene rings is 1. The van der Waals surface area contributed by atoms with Crippen LogP contribution in [0.1, 0.15) is 50.7 Å². The summed E-state index contributed by atoms with van der Waals surface area (Å²) in [6, 6.07) is 9.15. The Balaban J connectivity index is 0.00000342. The molecule has 1 aromatic carbocycles. The molecule has 1 saturated heterocycles. The largest absolute Gasteiger partial charge is 1.00 e. The monoisotopic (exact) mass is 511 g/mol. The van der Waals surface area contributed by atoms with E-state index >= 15 is 0 Å². The van der Waals surface area contributed by atoms with Crippen molar-refractivity contribution in [3.8, 4) is 0 Å². The summed E-state index contributed by atoms with van der Waals surface area (Å²) in [6.45, 7) is 9.99. The number of fused-ring (bicyclic) bond motifs is 1. The number of hydrogen-bond acceptors (Lipinski definition) is 4. The topological polar surface area (TPSA) is 53.8 Å². The number of aryl methyl sites for hydroxylation is 1. The number of nitrogens with zero attached hydrogens (tertiary/aromatic N) is 4. The first kappa shape index (κ1) is 27.2. The lowest BCUT2D eigenvalue weighted by atomic mass is 9.95. The molecule has 4 rings (SSSR count). The van der Waals surface area contributed by atoms with E-state index in [0.717, 1.165) is 44.2 Å². The number of anilines is 2. The van der Waals surface area contributed by atoms with Crippen molar-refractivity contribution >= 4 is 17.4 Å². The van der Waals surface area contributed by atoms with Crippen molar-refractivity contribution in [3.63, 3.8) is 0 Å². The zero-order chi connectivity index (χ0) is 24.5. The smallest absolute Gasteiger partial charge is 0.433 e. The highest BCUT2D eigenvalue weighted by Gasteiger charge is 2.36. The van der Waals surface area contributed by atoms with Gasteiger partial charge in [0.15, 0.2) is 0 Å². The molecule has 0 atom stereocenters. The van der Waals surface area contributed by atoms with Crippen molar-refractivity contribution < 1.29 is 35.3 Å². The summed E-state index contributed by atoms with van der Waals surface area (Å²) in [5.41, 5.74) is 0.787. The minimum atomic E-state index is -4.50. The van der Waals surface area contributed by atoms with Crippen LogP contribution in [0.25, 0.3) is 0 Å². The van der Waals surface area contributed by atoms with E-state index in [9.17, 15) is 18.0 Å². The number of alkyl halides is 3. The van der Waals surface area contributed by atoms with Crippen LogP contribution in [0, 0.1) is 0 Å². The van der Waals surface area contributed by atoms with Crippen LogP contribution in [0.3, 0.4) is 0 Å². The van der Waals surface area contributed by atoms with Gasteiger partial charge in [0.2, 0.25) is 5.91 Å². The van der Waals surface area contributed by atoms with Crippen LogP contribution in [-0.4, -0.2) is 55.1 Å². The van der Waals surface area contributed by atoms with Crippen LogP contribution in [0.15, 0.2) is 30.3 Å². The number of amides is 1. The fourth-order valence-electron chi connectivity index (χ4n) is 4.61. The van der Waals surface area contributed by atoms with Gasteiger partial charge in [-0.15, -0.1) is 0 Å². The first-order valence-electron chi connectivity index (χ1n) is 12.0. The van der Waals surface area contributed by atoms with E-state index in [0.29, 0.717) is 31.9 Å². The first-order valence-corrected chi connectivity index (χ1v) is 12.0. The van der Waals surface area contributed by atoms with Gasteiger partial charge in [0.05, 0.1) is 32.7 Å². The molecule has 1 fully saturated rings. The van der Waals surface area contributed by atoms with Gasteiger partial charge in [0, 0.05) is 36.6 Å². The quantitative estimate of drug-likeness (QED) is 0.608. The van der Waals surface area contributed by atoms with Crippen molar-refractivity contribution in [2.75, 3.05) is 49.1 Å². The van der Waals surface area contributed by atoms with Crippen LogP contribution < -0.4 is 27.1 Å². The van der Waals surface area contributed by atoms with Crippen LogP contribution in [0.5, 0.6) is 0 Å². The SMILES string of the molecule is CC(C)(C)c1nc(N2CC[NH+](CCCN3C(=O)CCc4ccccc43)CC2)cc(C(F)(F)F)n1.[Cl-]. The highest BCUT2D eigenvalue weighted by atomic mass is 35.5. The molecule has 0 saturated carbocycles. The Kier molecular flexibility index (Phi) is 8.32. The molecule has 3 heterocycles. The van der Waals surface area contributed by atoms with Gasteiger partial charge in [-0.1, -0.05) is 39.0 Å². The number of para-hydroxylation sites is 1. The highest BCUT2D eigenvalue weighted by Crippen LogP contribution is 2.32. The molecular weight excluding hydrogens is 479 g/mol. The summed E-state index contributed by atoms with van der Waals surface area (Å²) in [7, 11) is 0. The molecule has 0 unspecified atom stereocenters. The zero-order valence-corrected chi connectivity index (χ0v) is 21.2. The van der Waals surface area contributed by atoms with E-state index in [2.05, 4.69) is 16.0 Å². The molecule has 1 amide bonds. The van der Waals surface area contributed by atoms with Gasteiger partial charge >= 0.3 is 6.18 Å². The summed E-state index contributed by atoms with van der Waals surface area (Å²) in [5.74, 6) is 0.734. The van der Waals surface area contributed by atoms with Crippen molar-refractivity contribution in [2.45, 2.75) is 51.6 Å². The Hall–Kier alpha value is -2.39. The number of carbonyl (C=O) groups excluding carboxylic acids is 1. The van der Waals surface area contributed by atoms with Crippen molar-refractivity contribution in [1.29, 1.82) is 0 Å². The van der Waals surface area contributed by atoms with Crippen molar-refractivity contribution in [1.82, 2.24) is 9.97 Å². The van der Waals surface area contributed by atoms with E-state index < -0.39 is 17.3 Å². The van der Waals surface area contributed by atoms with Gasteiger partial charge in [-0.2, -0.15) is 13.2 Å². The number of nitrogens with one attached hydrogen (secondary N) is 1. The zero-order valence-electron chi connectivity index (χ0n) is 20.5. The molecule has 2 aliphatic heterocycles. The highest BCUT2D eigenvalue weighted by molar-refractivity contribution is 5.96. The Morgan fingerprint density at radius 3 is 2.37 bits per heavy atom. The minimum absolute atomic E-state index is 0. The van der Waals surface area contributed by atoms with E-state index in [1.54, 1.807) is 0 Å². The molecule has 10 heteroatoms. The third-order valence-electron chi connectivity index (χ3n) is 6.57. The van der Waals surface area contributed by atoms with Crippen molar-refractivity contribution in [3.05, 3.63) is 47.4 Å². The maximum absolute atomic E-state index is 13.4. The van der Waals surface area contributed by atoms with E-state index in [-0.39, 0.29) is 24.1 Å². The Morgan fingerprint density at radius 2 is 1.71 bits per heavy atom. The molecule has 0 bridgehead atoms. The Morgan fingerprint density at radius 1 is 1.03 bits per heavy atom. The standard InChI is InChI=1S/C25H32F3N5O.ClH/c1-24(2,3)23-29-20(25(26,27)28)17-21(30-23)32-15-13-31(14-16-32)11-6-12-33-19-8-5-4-7-18(19)9-10-22(33)34;/h4-5,7-8,17H,6,9-16H2,1-3H3;1H. The lowest BCUT2D eigenvalue weighted by Crippen LogP contribution is -3.15. The van der Waals surface area contributed by atoms with Crippen molar-refractivity contribution in [2.24, 2.45) is 0 Å². The maximum Gasteiger partial charge on any atom is 0.433 e. The molecule has 1 aromatic heterocycles. The van der Waals surface area contributed by atoms with E-state index in [1.165, 1.54) is 10.5 Å². The molecule has 2 aromatic rings. The summed E-state index contributed by atoms with van der Waals surface area (Å²) < 4.78 is 40.3. The molecule has 0 aliphatic carbocycles. The second-order valence-electron chi connectivity index (χ2n) is 10.2. The number of piperazine rings is 1. The average molecular weight is 512 g/mol. The van der Waals surface area contributed by atoms with E-state index in [1.807, 2.05) is 48.8 Å². The second-order valence-corrected chi connectivity index (χ2v) is 10.2. The number of aromatic nitrogens is 2. The van der Waals surface area contributed by atoms with Crippen LogP contribution in [0.4, 0.5) is 24.7 Å². The number of hydrogen-bond donors (Lipinski definition) is 1. The summed E-state index contributed by atoms with van der Waals surface area (Å²) in [5, 5.41) is 0. The number of quaternary nitrogens is 1. The molecule has 0 radical (unpaired) electrons. The first-order chi connectivity index (χ1) is 16.0. The van der Waals surface area contributed by atoms with Crippen LogP contribution in [0.2, 0.25) is 0 Å². The predicted molar refractivity (Wildman–Crippen MR) is 125 cm³/mol. The Labute approximate surface area is 210 Å². The third kappa shape index (κ3) is 6.44. The predicted octanol–water partition coefficient (Wildman–Crippen LogP) is -0.129. The maximum atomic E-state index is 13.4. The molecule has 6 nitrogen and oxygen atoms in total. The van der Waals surface area contributed by atoms with Gasteiger partial charge in [0.25, 0.3) is 0 Å². The normalized spacial score (nSPS) is 17.3. The fourth-order valence-corrected chi connectivity index (χ4v) is 4.61. The Bertz CT molecular complexity index is 1000. The lowest BCUT2D eigenvalue weighted by Gasteiger charge is -2.34. The summed E-state index contributed by atoms with van der Waals surface area (Å²) >= 11 is 0. The molecule has 2 aliphatic rings. The van der Waals surface area contributed by atoms with Gasteiger partial charge in [-0.25, -0.2) is 9.97 Å². The van der Waals surface area contributed by atoms with Crippen LogP contribution in [-0.2, 0) is 22.8 Å². The van der Waals surface area contributed by atoms with Gasteiger partial charge in [-0.05, 0) is 18.1 Å². The summed E-state index contributed by atoms with van der Waals surface area (Å²) in [4.78, 5) is 26.0. The minimum Gasteiger partial charge on any atom is -1.00 e. The third-order valence-corrected chi connectivity index (χ3v) is 6.57. The molecule has 192 valence electrons. The fraction of sp³-hybridized carbons (Fsp3) is 0.560. The van der Waals surface area contributed by atoms with E-state index in [4.69, 9.17) is 0 Å². The van der Waals surface area contributed by atoms with Gasteiger partial charge in [-0.3, -0.25) is 4.79 Å². The number of carbonyl (C=O) groups is 1. The molecule has 0 spiro atoms. The molecular formula is C25H33ClF3N5O. The lowest BCUT2D eigenvalue weighted by molar-refractivity contribution is -0.900. The molecule has 35 heavy (non-hydrogen) atoms. The number of halogens is 4. The van der Waals surface area contributed by atoms with Gasteiger partial charge in [0.1, 0.15) is 17.3 Å². The number of rotatable bonds is 5. The second kappa shape index (κ2) is 10.7. The van der Waals surface area contributed by atoms with Gasteiger partial charge < -0.3 is 27.1 Å². The van der Waals surface area contributed by atoms with Crippen LogP contribution >= 0.6 is 0 Å². The summed E-state index contributed by atoms with van der Waals surface area (Å²) in [6.07, 6.45) is -2.27. The molecule has 1 N–H and O–H groups in total.